The molecule has 0 atom stereocenters. The molecule has 0 radical (unpaired) electrons. The third kappa shape index (κ3) is 3.36. The van der Waals surface area contributed by atoms with Gasteiger partial charge in [-0.15, -0.1) is 0 Å². The van der Waals surface area contributed by atoms with Crippen LogP contribution in [0.4, 0.5) is 10.1 Å². The molecule has 6 heteroatoms. The maximum atomic E-state index is 14.0. The maximum Gasteiger partial charge on any atom is 0.196 e. The lowest BCUT2D eigenvalue weighted by atomic mass is 9.99. The third-order valence-electron chi connectivity index (χ3n) is 4.73. The number of hydrogen-bond acceptors (Lipinski definition) is 5. The van der Waals surface area contributed by atoms with Gasteiger partial charge < -0.3 is 14.4 Å². The van der Waals surface area contributed by atoms with Crippen LogP contribution in [-0.2, 0) is 4.74 Å². The van der Waals surface area contributed by atoms with Crippen LogP contribution >= 0.6 is 0 Å². The lowest BCUT2D eigenvalue weighted by molar-refractivity contribution is 0.103. The zero-order valence-electron chi connectivity index (χ0n) is 14.9. The summed E-state index contributed by atoms with van der Waals surface area (Å²) in [6, 6.07) is 11.4. The van der Waals surface area contributed by atoms with Crippen LogP contribution in [0.15, 0.2) is 48.7 Å². The standard InChI is InChI=1S/C21H19FN2O3/c1-26-16-5-2-14(3-6-16)21(25)18-13-23-19-7-4-15(22)12-17(19)20(18)24-8-10-27-11-9-24/h2-7,12-13H,8-11H2,1H3. The lowest BCUT2D eigenvalue weighted by Gasteiger charge is -2.31. The van der Waals surface area contributed by atoms with Gasteiger partial charge in [-0.1, -0.05) is 0 Å². The van der Waals surface area contributed by atoms with Crippen LogP contribution < -0.4 is 9.64 Å². The van der Waals surface area contributed by atoms with Gasteiger partial charge in [-0.2, -0.15) is 0 Å². The van der Waals surface area contributed by atoms with Gasteiger partial charge >= 0.3 is 0 Å². The molecule has 1 aromatic heterocycles. The molecular weight excluding hydrogens is 347 g/mol. The SMILES string of the molecule is COc1ccc(C(=O)c2cnc3ccc(F)cc3c2N2CCOCC2)cc1. The second-order valence-corrected chi connectivity index (χ2v) is 6.34. The monoisotopic (exact) mass is 366 g/mol. The van der Waals surface area contributed by atoms with E-state index in [-0.39, 0.29) is 11.6 Å². The summed E-state index contributed by atoms with van der Waals surface area (Å²) >= 11 is 0. The summed E-state index contributed by atoms with van der Waals surface area (Å²) in [5.74, 6) is 0.171. The van der Waals surface area contributed by atoms with E-state index in [0.29, 0.717) is 59.8 Å². The van der Waals surface area contributed by atoms with Gasteiger partial charge in [0.1, 0.15) is 11.6 Å². The van der Waals surface area contributed by atoms with E-state index in [0.717, 1.165) is 0 Å². The van der Waals surface area contributed by atoms with Gasteiger partial charge in [0.15, 0.2) is 5.78 Å². The third-order valence-corrected chi connectivity index (χ3v) is 4.73. The molecule has 0 saturated carbocycles. The van der Waals surface area contributed by atoms with Crippen molar-refractivity contribution in [2.75, 3.05) is 38.3 Å². The summed E-state index contributed by atoms with van der Waals surface area (Å²) in [6.45, 7) is 2.40. The molecule has 0 N–H and O–H groups in total. The van der Waals surface area contributed by atoms with Crippen molar-refractivity contribution < 1.29 is 18.7 Å². The number of anilines is 1. The number of nitrogens with zero attached hydrogens (tertiary/aromatic N) is 2. The molecule has 3 aromatic rings. The highest BCUT2D eigenvalue weighted by atomic mass is 19.1. The zero-order chi connectivity index (χ0) is 18.8. The van der Waals surface area contributed by atoms with Crippen molar-refractivity contribution in [1.82, 2.24) is 4.98 Å². The Labute approximate surface area is 156 Å². The van der Waals surface area contributed by atoms with E-state index in [1.54, 1.807) is 43.6 Å². The molecule has 0 unspecified atom stereocenters. The van der Waals surface area contributed by atoms with E-state index in [1.165, 1.54) is 12.1 Å². The largest absolute Gasteiger partial charge is 0.497 e. The van der Waals surface area contributed by atoms with Crippen LogP contribution in [0.3, 0.4) is 0 Å². The smallest absolute Gasteiger partial charge is 0.196 e. The summed E-state index contributed by atoms with van der Waals surface area (Å²) < 4.78 is 24.5. The Kier molecular flexibility index (Phi) is 4.73. The summed E-state index contributed by atoms with van der Waals surface area (Å²) in [7, 11) is 1.58. The molecule has 2 aromatic carbocycles. The lowest BCUT2D eigenvalue weighted by Crippen LogP contribution is -2.37. The Balaban J connectivity index is 1.86. The van der Waals surface area contributed by atoms with Crippen LogP contribution in [0.2, 0.25) is 0 Å². The molecule has 5 nitrogen and oxygen atoms in total. The highest BCUT2D eigenvalue weighted by molar-refractivity contribution is 6.16. The second kappa shape index (κ2) is 7.32. The number of methoxy groups -OCH3 is 1. The van der Waals surface area contributed by atoms with Crippen molar-refractivity contribution in [2.24, 2.45) is 0 Å². The predicted octanol–water partition coefficient (Wildman–Crippen LogP) is 3.45. The number of ketones is 1. The zero-order valence-corrected chi connectivity index (χ0v) is 14.9. The van der Waals surface area contributed by atoms with E-state index in [2.05, 4.69) is 9.88 Å². The number of hydrogen-bond donors (Lipinski definition) is 0. The van der Waals surface area contributed by atoms with Crippen LogP contribution in [0.25, 0.3) is 10.9 Å². The molecule has 2 heterocycles. The minimum Gasteiger partial charge on any atom is -0.497 e. The molecule has 1 aliphatic heterocycles. The number of aromatic nitrogens is 1. The Hall–Kier alpha value is -2.99. The summed E-state index contributed by atoms with van der Waals surface area (Å²) in [5, 5.41) is 0.635. The molecule has 4 rings (SSSR count). The van der Waals surface area contributed by atoms with E-state index in [1.807, 2.05) is 0 Å². The minimum absolute atomic E-state index is 0.155. The molecule has 0 amide bonds. The molecular formula is C21H19FN2O3. The Bertz CT molecular complexity index is 983. The number of morpholine rings is 1. The van der Waals surface area contributed by atoms with Crippen LogP contribution in [0.5, 0.6) is 5.75 Å². The molecule has 0 spiro atoms. The van der Waals surface area contributed by atoms with Crippen molar-refractivity contribution in [3.05, 3.63) is 65.6 Å². The first-order valence-electron chi connectivity index (χ1n) is 8.77. The fourth-order valence-corrected chi connectivity index (χ4v) is 3.34. The number of carbonyl (C=O) groups is 1. The van der Waals surface area contributed by atoms with Crippen molar-refractivity contribution >= 4 is 22.4 Å². The normalized spacial score (nSPS) is 14.4. The number of benzene rings is 2. The first-order chi connectivity index (χ1) is 13.2. The number of pyridine rings is 1. The first kappa shape index (κ1) is 17.4. The molecule has 1 saturated heterocycles. The number of fused-ring (bicyclic) bond motifs is 1. The second-order valence-electron chi connectivity index (χ2n) is 6.34. The van der Waals surface area contributed by atoms with Gasteiger partial charge in [-0.05, 0) is 42.5 Å². The molecule has 0 aliphatic carbocycles. The highest BCUT2D eigenvalue weighted by Gasteiger charge is 2.23. The van der Waals surface area contributed by atoms with Gasteiger partial charge in [-0.25, -0.2) is 4.39 Å². The molecule has 0 bridgehead atoms. The summed E-state index contributed by atoms with van der Waals surface area (Å²) in [4.78, 5) is 19.7. The maximum absolute atomic E-state index is 14.0. The first-order valence-corrected chi connectivity index (χ1v) is 8.77. The minimum atomic E-state index is -0.354. The number of carbonyl (C=O) groups excluding carboxylic acids is 1. The van der Waals surface area contributed by atoms with Crippen molar-refractivity contribution in [2.45, 2.75) is 0 Å². The Morgan fingerprint density at radius 1 is 1.15 bits per heavy atom. The van der Waals surface area contributed by atoms with Crippen LogP contribution in [-0.4, -0.2) is 44.2 Å². The quantitative estimate of drug-likeness (QED) is 0.662. The number of halogens is 1. The van der Waals surface area contributed by atoms with E-state index < -0.39 is 0 Å². The predicted molar refractivity (Wildman–Crippen MR) is 101 cm³/mol. The average molecular weight is 366 g/mol. The fraction of sp³-hybridized carbons (Fsp3) is 0.238. The van der Waals surface area contributed by atoms with E-state index >= 15 is 0 Å². The van der Waals surface area contributed by atoms with E-state index in [9.17, 15) is 9.18 Å². The highest BCUT2D eigenvalue weighted by Crippen LogP contribution is 2.32. The molecule has 1 fully saturated rings. The molecule has 1 aliphatic rings. The van der Waals surface area contributed by atoms with Gasteiger partial charge in [0.2, 0.25) is 0 Å². The summed E-state index contributed by atoms with van der Waals surface area (Å²) in [6.07, 6.45) is 1.58. The molecule has 138 valence electrons. The van der Waals surface area contributed by atoms with Gasteiger partial charge in [0.25, 0.3) is 0 Å². The topological polar surface area (TPSA) is 51.7 Å². The molecule has 27 heavy (non-hydrogen) atoms. The van der Waals surface area contributed by atoms with Crippen molar-refractivity contribution in [3.8, 4) is 5.75 Å². The Morgan fingerprint density at radius 3 is 2.59 bits per heavy atom. The van der Waals surface area contributed by atoms with Gasteiger partial charge in [0, 0.05) is 30.2 Å². The van der Waals surface area contributed by atoms with Crippen LogP contribution in [0, 0.1) is 5.82 Å². The number of ether oxygens (including phenoxy) is 2. The van der Waals surface area contributed by atoms with Crippen LogP contribution in [0.1, 0.15) is 15.9 Å². The number of rotatable bonds is 4. The van der Waals surface area contributed by atoms with E-state index in [4.69, 9.17) is 9.47 Å². The van der Waals surface area contributed by atoms with Gasteiger partial charge in [0.05, 0.1) is 37.1 Å². The Morgan fingerprint density at radius 2 is 1.89 bits per heavy atom. The van der Waals surface area contributed by atoms with Crippen molar-refractivity contribution in [3.63, 3.8) is 0 Å². The van der Waals surface area contributed by atoms with Gasteiger partial charge in [-0.3, -0.25) is 9.78 Å². The fourth-order valence-electron chi connectivity index (χ4n) is 3.34. The average Bonchev–Trinajstić information content (AvgIpc) is 2.73. The van der Waals surface area contributed by atoms with Crippen molar-refractivity contribution in [1.29, 1.82) is 0 Å². The summed E-state index contributed by atoms with van der Waals surface area (Å²) in [5.41, 5.74) is 2.36.